The lowest BCUT2D eigenvalue weighted by molar-refractivity contribution is 0.332. The van der Waals surface area contributed by atoms with Gasteiger partial charge in [0.15, 0.2) is 5.16 Å². The van der Waals surface area contributed by atoms with Crippen LogP contribution in [-0.4, -0.2) is 18.0 Å². The third-order valence-electron chi connectivity index (χ3n) is 6.85. The van der Waals surface area contributed by atoms with Crippen LogP contribution in [0.4, 0.5) is 8.78 Å². The van der Waals surface area contributed by atoms with Crippen molar-refractivity contribution in [3.8, 4) is 0 Å². The number of rotatable bonds is 5. The molecule has 1 spiro atoms. The summed E-state index contributed by atoms with van der Waals surface area (Å²) in [5.41, 5.74) is 1.25. The van der Waals surface area contributed by atoms with Gasteiger partial charge in [0.05, 0.1) is 16.8 Å². The Bertz CT molecular complexity index is 1550. The maximum absolute atomic E-state index is 14.0. The minimum atomic E-state index is -3.97. The minimum Gasteiger partial charge on any atom is -0.312 e. The van der Waals surface area contributed by atoms with Crippen molar-refractivity contribution in [3.05, 3.63) is 99.3 Å². The van der Waals surface area contributed by atoms with Crippen molar-refractivity contribution < 1.29 is 17.2 Å². The summed E-state index contributed by atoms with van der Waals surface area (Å²) in [6.07, 6.45) is 7.65. The number of nitrogens with two attached hydrogens (primary N) is 1. The van der Waals surface area contributed by atoms with Crippen LogP contribution in [0, 0.1) is 5.82 Å². The van der Waals surface area contributed by atoms with Gasteiger partial charge in [0.1, 0.15) is 16.5 Å². The van der Waals surface area contributed by atoms with Gasteiger partial charge in [-0.1, -0.05) is 53.2 Å². The molecule has 0 saturated heterocycles. The number of hydrogen-bond acceptors (Lipinski definition) is 4. The summed E-state index contributed by atoms with van der Waals surface area (Å²) in [7, 11) is -3.97. The SMILES string of the molecule is CC1(c2ccc(S(N)(=O)=O)c(Cl)c2)CC2(C=CC(F)=CC2)n2c1cnc2SCc1ccc(F)cc1Cl. The minimum absolute atomic E-state index is 0.0360. The molecule has 0 saturated carbocycles. The van der Waals surface area contributed by atoms with Crippen LogP contribution in [-0.2, 0) is 26.7 Å². The standard InChI is InChI=1S/C25H21Cl2F2N3O2S2/c1-24(16-3-5-21(20(27)10-16)36(30,33)34)14-25(8-6-17(28)7-9-25)32-22(24)12-31-23(32)35-13-15-2-4-18(29)11-19(15)26/h2-8,10-12H,9,13-14H2,1H3,(H2,30,33,34). The van der Waals surface area contributed by atoms with E-state index in [1.54, 1.807) is 30.5 Å². The Balaban J connectivity index is 1.58. The Labute approximate surface area is 222 Å². The van der Waals surface area contributed by atoms with Crippen LogP contribution < -0.4 is 5.14 Å². The Morgan fingerprint density at radius 1 is 1.17 bits per heavy atom. The smallest absolute Gasteiger partial charge is 0.239 e. The fourth-order valence-corrected chi connectivity index (χ4v) is 7.56. The van der Waals surface area contributed by atoms with E-state index in [4.69, 9.17) is 28.3 Å². The second-order valence-corrected chi connectivity index (χ2v) is 12.5. The van der Waals surface area contributed by atoms with Gasteiger partial charge in [0.25, 0.3) is 0 Å². The lowest BCUT2D eigenvalue weighted by Gasteiger charge is -2.32. The van der Waals surface area contributed by atoms with E-state index < -0.39 is 26.8 Å². The van der Waals surface area contributed by atoms with Gasteiger partial charge in [-0.3, -0.25) is 0 Å². The molecule has 1 aromatic heterocycles. The number of sulfonamides is 1. The summed E-state index contributed by atoms with van der Waals surface area (Å²) in [6, 6.07) is 9.02. The average molecular weight is 568 g/mol. The first-order chi connectivity index (χ1) is 16.9. The van der Waals surface area contributed by atoms with Crippen molar-refractivity contribution in [2.75, 3.05) is 0 Å². The van der Waals surface area contributed by atoms with Crippen molar-refractivity contribution >= 4 is 45.0 Å². The number of benzene rings is 2. The van der Waals surface area contributed by atoms with Crippen molar-refractivity contribution in [3.63, 3.8) is 0 Å². The second-order valence-electron chi connectivity index (χ2n) is 9.21. The van der Waals surface area contributed by atoms with E-state index in [1.807, 2.05) is 13.0 Å². The molecule has 2 N–H and O–H groups in total. The molecule has 0 radical (unpaired) electrons. The van der Waals surface area contributed by atoms with E-state index in [0.717, 1.165) is 16.8 Å². The van der Waals surface area contributed by atoms with Crippen LogP contribution in [0.1, 0.15) is 36.6 Å². The quantitative estimate of drug-likeness (QED) is 0.357. The molecule has 2 heterocycles. The van der Waals surface area contributed by atoms with Crippen LogP contribution >= 0.6 is 35.0 Å². The predicted molar refractivity (Wildman–Crippen MR) is 138 cm³/mol. The fraction of sp³-hybridized carbons (Fsp3) is 0.240. The summed E-state index contributed by atoms with van der Waals surface area (Å²) in [4.78, 5) is 4.53. The van der Waals surface area contributed by atoms with Gasteiger partial charge >= 0.3 is 0 Å². The van der Waals surface area contributed by atoms with E-state index >= 15 is 0 Å². The van der Waals surface area contributed by atoms with Gasteiger partial charge in [-0.25, -0.2) is 27.3 Å². The van der Waals surface area contributed by atoms with Gasteiger partial charge in [0, 0.05) is 21.9 Å². The van der Waals surface area contributed by atoms with E-state index in [-0.39, 0.29) is 15.7 Å². The number of hydrogen-bond donors (Lipinski definition) is 1. The number of allylic oxidation sites excluding steroid dienone is 4. The van der Waals surface area contributed by atoms with Gasteiger partial charge in [-0.2, -0.15) is 0 Å². The number of fused-ring (bicyclic) bond motifs is 2. The predicted octanol–water partition coefficient (Wildman–Crippen LogP) is 6.49. The maximum atomic E-state index is 14.0. The van der Waals surface area contributed by atoms with Crippen LogP contribution in [0.25, 0.3) is 0 Å². The Kier molecular flexibility index (Phi) is 6.36. The molecule has 11 heteroatoms. The van der Waals surface area contributed by atoms with E-state index in [1.165, 1.54) is 36.0 Å². The topological polar surface area (TPSA) is 78.0 Å². The average Bonchev–Trinajstić information content (AvgIpc) is 3.34. The molecule has 1 aliphatic heterocycles. The molecule has 2 atom stereocenters. The number of aromatic nitrogens is 2. The number of primary sulfonamides is 1. The first-order valence-electron chi connectivity index (χ1n) is 11.0. The molecule has 3 aromatic rings. The molecule has 5 rings (SSSR count). The van der Waals surface area contributed by atoms with Crippen molar-refractivity contribution in [1.29, 1.82) is 0 Å². The monoisotopic (exact) mass is 567 g/mol. The molecule has 2 unspecified atom stereocenters. The number of halogens is 4. The van der Waals surface area contributed by atoms with Crippen molar-refractivity contribution in [2.45, 2.75) is 46.5 Å². The first kappa shape index (κ1) is 25.5. The van der Waals surface area contributed by atoms with Crippen LogP contribution in [0.2, 0.25) is 10.0 Å². The molecule has 36 heavy (non-hydrogen) atoms. The summed E-state index contributed by atoms with van der Waals surface area (Å²) >= 11 is 14.0. The maximum Gasteiger partial charge on any atom is 0.239 e. The highest BCUT2D eigenvalue weighted by atomic mass is 35.5. The third kappa shape index (κ3) is 4.31. The highest BCUT2D eigenvalue weighted by molar-refractivity contribution is 7.98. The number of nitrogens with zero attached hydrogens (tertiary/aromatic N) is 2. The zero-order valence-corrected chi connectivity index (χ0v) is 22.2. The summed E-state index contributed by atoms with van der Waals surface area (Å²) in [5.74, 6) is -0.243. The van der Waals surface area contributed by atoms with Gasteiger partial charge in [-0.05, 0) is 67.3 Å². The fourth-order valence-electron chi connectivity index (χ4n) is 5.09. The Morgan fingerprint density at radius 2 is 1.94 bits per heavy atom. The Hall–Kier alpha value is -2.17. The zero-order valence-electron chi connectivity index (χ0n) is 19.0. The number of thioether (sulfide) groups is 1. The van der Waals surface area contributed by atoms with Crippen molar-refractivity contribution in [2.24, 2.45) is 5.14 Å². The second kappa shape index (κ2) is 8.99. The third-order valence-corrected chi connectivity index (χ3v) is 9.60. The molecule has 0 amide bonds. The molecule has 0 bridgehead atoms. The highest BCUT2D eigenvalue weighted by Crippen LogP contribution is 2.54. The van der Waals surface area contributed by atoms with Gasteiger partial charge in [-0.15, -0.1) is 0 Å². The molecule has 2 aliphatic rings. The highest BCUT2D eigenvalue weighted by Gasteiger charge is 2.51. The molecular weight excluding hydrogens is 547 g/mol. The molecule has 2 aromatic carbocycles. The molecule has 5 nitrogen and oxygen atoms in total. The van der Waals surface area contributed by atoms with Crippen LogP contribution in [0.3, 0.4) is 0 Å². The molecule has 188 valence electrons. The molecule has 0 fully saturated rings. The lowest BCUT2D eigenvalue weighted by Crippen LogP contribution is -2.31. The van der Waals surface area contributed by atoms with Gasteiger partial charge in [0.2, 0.25) is 10.0 Å². The summed E-state index contributed by atoms with van der Waals surface area (Å²) in [6.45, 7) is 2.03. The van der Waals surface area contributed by atoms with Crippen molar-refractivity contribution in [1.82, 2.24) is 9.55 Å². The Morgan fingerprint density at radius 3 is 2.58 bits per heavy atom. The van der Waals surface area contributed by atoms with E-state index in [2.05, 4.69) is 9.55 Å². The number of imidazole rings is 1. The largest absolute Gasteiger partial charge is 0.312 e. The summed E-state index contributed by atoms with van der Waals surface area (Å²) in [5, 5.41) is 6.37. The normalized spacial score (nSPS) is 23.2. The zero-order chi connectivity index (χ0) is 25.9. The molecular formula is C25H21Cl2F2N3O2S2. The molecule has 1 aliphatic carbocycles. The van der Waals surface area contributed by atoms with E-state index in [9.17, 15) is 17.2 Å². The van der Waals surface area contributed by atoms with Gasteiger partial charge < -0.3 is 4.57 Å². The van der Waals surface area contributed by atoms with Crippen LogP contribution in [0.15, 0.2) is 76.7 Å². The van der Waals surface area contributed by atoms with E-state index in [0.29, 0.717) is 28.8 Å². The lowest BCUT2D eigenvalue weighted by atomic mass is 9.73. The summed E-state index contributed by atoms with van der Waals surface area (Å²) < 4.78 is 53.3. The van der Waals surface area contributed by atoms with Crippen LogP contribution in [0.5, 0.6) is 0 Å². The first-order valence-corrected chi connectivity index (χ1v) is 14.2.